The van der Waals surface area contributed by atoms with Crippen LogP contribution >= 0.6 is 0 Å². The second-order valence-electron chi connectivity index (χ2n) is 12.5. The second-order valence-corrected chi connectivity index (χ2v) is 12.5. The normalized spacial score (nSPS) is 17.5. The average molecular weight is 1040 g/mol. The molecule has 0 radical (unpaired) electrons. The molecule has 382 valence electrons. The van der Waals surface area contributed by atoms with E-state index < -0.39 is 159 Å². The first-order valence-electron chi connectivity index (χ1n) is 15.4. The van der Waals surface area contributed by atoms with Crippen molar-refractivity contribution in [3.63, 3.8) is 0 Å². The van der Waals surface area contributed by atoms with Crippen LogP contribution in [-0.4, -0.2) is 108 Å². The zero-order valence-electron chi connectivity index (χ0n) is 29.1. The lowest BCUT2D eigenvalue weighted by Gasteiger charge is -2.43. The number of hydrogen-bond acceptors (Lipinski definition) is 4. The molecule has 0 spiro atoms. The van der Waals surface area contributed by atoms with Gasteiger partial charge in [0.25, 0.3) is 0 Å². The maximum Gasteiger partial charge on any atom is 0.467 e. The minimum Gasteiger partial charge on any atom is -0.415 e. The monoisotopic (exact) mass is 1040 g/mol. The number of alkyl halides is 34. The minimum atomic E-state index is -9.00. The number of unbranched alkanes of at least 4 members (excludes halogenated alkanes) is 5. The summed E-state index contributed by atoms with van der Waals surface area (Å²) >= 11 is 0. The van der Waals surface area contributed by atoms with Crippen molar-refractivity contribution in [2.75, 3.05) is 0 Å². The van der Waals surface area contributed by atoms with Gasteiger partial charge >= 0.3 is 108 Å². The third-order valence-electron chi connectivity index (χ3n) is 7.92. The third kappa shape index (κ3) is 9.41. The highest BCUT2D eigenvalue weighted by Crippen LogP contribution is 2.66. The van der Waals surface area contributed by atoms with Gasteiger partial charge in [-0.1, -0.05) is 25.7 Å². The number of ether oxygens (including phenoxy) is 2. The van der Waals surface area contributed by atoms with Gasteiger partial charge in [0.1, 0.15) is 0 Å². The standard InChI is InChI=1S/C26H16F34O4/c27-11(28,15(35,36)19(43,44)23(49,50)51)13(31,32)17(39,40)21(47,25(55,56)57)63-9(61)7-5-3-1-2-4-6-8-10(62)64-22(48,26(58,59)60)18(41,42)14(33,34)12(29,30)16(37,38)20(45,46)24(52,53)54/h1-8H2. The summed E-state index contributed by atoms with van der Waals surface area (Å²) in [6.45, 7) is 0. The van der Waals surface area contributed by atoms with Gasteiger partial charge in [0.05, 0.1) is 0 Å². The zero-order chi connectivity index (χ0) is 52.2. The van der Waals surface area contributed by atoms with Crippen molar-refractivity contribution in [3.05, 3.63) is 0 Å². The van der Waals surface area contributed by atoms with Crippen molar-refractivity contribution >= 4 is 11.9 Å². The molecule has 64 heavy (non-hydrogen) atoms. The fourth-order valence-electron chi connectivity index (χ4n) is 4.20. The van der Waals surface area contributed by atoms with E-state index >= 15 is 0 Å². The van der Waals surface area contributed by atoms with Crippen molar-refractivity contribution in [1.29, 1.82) is 0 Å². The number of hydrogen-bond donors (Lipinski definition) is 0. The fraction of sp³-hybridized carbons (Fsp3) is 0.923. The van der Waals surface area contributed by atoms with Gasteiger partial charge < -0.3 is 9.47 Å². The van der Waals surface area contributed by atoms with Crippen LogP contribution in [-0.2, 0) is 19.1 Å². The molecule has 0 fully saturated rings. The van der Waals surface area contributed by atoms with Crippen LogP contribution in [0, 0.1) is 0 Å². The maximum absolute atomic E-state index is 14.4. The summed E-state index contributed by atoms with van der Waals surface area (Å²) in [4.78, 5) is 23.1. The van der Waals surface area contributed by atoms with Gasteiger partial charge in [-0.2, -0.15) is 149 Å². The van der Waals surface area contributed by atoms with Crippen LogP contribution < -0.4 is 0 Å². The molecule has 0 saturated heterocycles. The summed E-state index contributed by atoms with van der Waals surface area (Å²) in [5.41, 5.74) is 0. The lowest BCUT2D eigenvalue weighted by atomic mass is 9.90. The van der Waals surface area contributed by atoms with Crippen LogP contribution in [0.1, 0.15) is 51.4 Å². The molecule has 0 amide bonds. The Labute approximate surface area is 328 Å². The molecule has 2 atom stereocenters. The molecule has 0 aliphatic heterocycles. The first-order valence-corrected chi connectivity index (χ1v) is 15.4. The summed E-state index contributed by atoms with van der Waals surface area (Å²) in [6, 6.07) is 0. The highest BCUT2D eigenvalue weighted by atomic mass is 19.5. The van der Waals surface area contributed by atoms with Gasteiger partial charge in [-0.3, -0.25) is 9.59 Å². The van der Waals surface area contributed by atoms with E-state index in [1.54, 1.807) is 0 Å². The molecule has 0 rings (SSSR count). The van der Waals surface area contributed by atoms with E-state index in [-0.39, 0.29) is 0 Å². The predicted octanol–water partition coefficient (Wildman–Crippen LogP) is 13.1. The van der Waals surface area contributed by atoms with Gasteiger partial charge in [-0.25, -0.2) is 0 Å². The molecule has 0 aromatic carbocycles. The van der Waals surface area contributed by atoms with Gasteiger partial charge in [0.2, 0.25) is 0 Å². The van der Waals surface area contributed by atoms with Crippen molar-refractivity contribution < 1.29 is 168 Å². The van der Waals surface area contributed by atoms with Crippen molar-refractivity contribution in [3.8, 4) is 0 Å². The van der Waals surface area contributed by atoms with Crippen LogP contribution in [0.15, 0.2) is 0 Å². The molecule has 0 aliphatic rings. The Balaban J connectivity index is 5.88. The molecule has 0 aliphatic carbocycles. The van der Waals surface area contributed by atoms with Crippen molar-refractivity contribution in [1.82, 2.24) is 0 Å². The minimum absolute atomic E-state index is 0.670. The first kappa shape index (κ1) is 60.6. The van der Waals surface area contributed by atoms with Crippen molar-refractivity contribution in [2.24, 2.45) is 0 Å². The molecule has 0 N–H and O–H groups in total. The van der Waals surface area contributed by atoms with E-state index in [9.17, 15) is 159 Å². The Morgan fingerprint density at radius 3 is 0.594 bits per heavy atom. The van der Waals surface area contributed by atoms with Crippen LogP contribution in [0.3, 0.4) is 0 Å². The third-order valence-corrected chi connectivity index (χ3v) is 7.92. The second kappa shape index (κ2) is 17.3. The van der Waals surface area contributed by atoms with E-state index in [1.807, 2.05) is 0 Å². The van der Waals surface area contributed by atoms with Crippen LogP contribution in [0.2, 0.25) is 0 Å². The molecule has 0 bridgehead atoms. The lowest BCUT2D eigenvalue weighted by Crippen LogP contribution is -2.75. The Morgan fingerprint density at radius 2 is 0.406 bits per heavy atom. The Kier molecular flexibility index (Phi) is 16.4. The van der Waals surface area contributed by atoms with Crippen LogP contribution in [0.5, 0.6) is 0 Å². The number of halogens is 34. The van der Waals surface area contributed by atoms with E-state index in [1.165, 1.54) is 0 Å². The summed E-state index contributed by atoms with van der Waals surface area (Å²) in [7, 11) is 0. The SMILES string of the molecule is O=C(CCCCCCCCC(=O)OC(F)(C(F)(F)F)C(F)(F)C(F)(F)C(F)(F)C(F)(F)C(F)(F)C(F)(F)F)OC(F)(C(F)(F)F)C(F)(F)C(F)(F)C(F)(F)C(F)(F)C(F)(F)C(F)(F)F. The van der Waals surface area contributed by atoms with Gasteiger partial charge in [0.15, 0.2) is 0 Å². The predicted molar refractivity (Wildman–Crippen MR) is 130 cm³/mol. The number of rotatable bonds is 21. The van der Waals surface area contributed by atoms with E-state index in [0.717, 1.165) is 0 Å². The number of carbonyl (C=O) groups is 2. The molecule has 2 unspecified atom stereocenters. The molecule has 0 aromatic heterocycles. The molecular weight excluding hydrogens is 1020 g/mol. The molecule has 0 aromatic rings. The molecule has 38 heteroatoms. The summed E-state index contributed by atoms with van der Waals surface area (Å²) in [5, 5.41) is 0. The first-order chi connectivity index (χ1) is 27.5. The zero-order valence-corrected chi connectivity index (χ0v) is 29.1. The highest BCUT2D eigenvalue weighted by Gasteiger charge is 2.98. The van der Waals surface area contributed by atoms with Crippen LogP contribution in [0.4, 0.5) is 149 Å². The lowest BCUT2D eigenvalue weighted by molar-refractivity contribution is -0.477. The van der Waals surface area contributed by atoms with Gasteiger partial charge in [-0.05, 0) is 12.8 Å². The Hall–Kier alpha value is -3.44. The molecule has 0 saturated carbocycles. The maximum atomic E-state index is 14.4. The van der Waals surface area contributed by atoms with E-state index in [0.29, 0.717) is 0 Å². The number of esters is 2. The smallest absolute Gasteiger partial charge is 0.415 e. The quantitative estimate of drug-likeness (QED) is 0.0653. The molecule has 4 nitrogen and oxygen atoms in total. The summed E-state index contributed by atoms with van der Waals surface area (Å²) < 4.78 is 457. The highest BCUT2D eigenvalue weighted by molar-refractivity contribution is 5.70. The largest absolute Gasteiger partial charge is 0.467 e. The van der Waals surface area contributed by atoms with Crippen molar-refractivity contribution in [2.45, 2.75) is 147 Å². The summed E-state index contributed by atoms with van der Waals surface area (Å²) in [6.07, 6.45) is -41.4. The van der Waals surface area contributed by atoms with Gasteiger partial charge in [-0.15, -0.1) is 0 Å². The van der Waals surface area contributed by atoms with E-state index in [2.05, 4.69) is 9.47 Å². The molecule has 0 heterocycles. The van der Waals surface area contributed by atoms with E-state index in [4.69, 9.17) is 0 Å². The summed E-state index contributed by atoms with van der Waals surface area (Å²) in [5.74, 6) is -110. The number of carbonyl (C=O) groups excluding carboxylic acids is 2. The van der Waals surface area contributed by atoms with Gasteiger partial charge in [0, 0.05) is 12.8 Å². The Bertz CT molecular complexity index is 1500. The topological polar surface area (TPSA) is 52.6 Å². The Morgan fingerprint density at radius 1 is 0.234 bits per heavy atom. The van der Waals surface area contributed by atoms with Crippen LogP contribution in [0.25, 0.3) is 0 Å². The molecular formula is C26H16F34O4. The fourth-order valence-corrected chi connectivity index (χ4v) is 4.20. The average Bonchev–Trinajstić information content (AvgIpc) is 3.06.